The number of ether oxygens (including phenoxy) is 2. The van der Waals surface area contributed by atoms with Crippen molar-refractivity contribution < 1.29 is 9.47 Å². The molecule has 0 spiro atoms. The van der Waals surface area contributed by atoms with Crippen molar-refractivity contribution in [2.45, 2.75) is 231 Å². The zero-order valence-electron chi connectivity index (χ0n) is 48.7. The molecule has 4 aromatic carbocycles. The quantitative estimate of drug-likeness (QED) is 0.0438. The molecule has 0 atom stereocenters. The van der Waals surface area contributed by atoms with Crippen LogP contribution in [-0.2, 0) is 18.6 Å². The first-order valence-electron chi connectivity index (χ1n) is 27.9. The van der Waals surface area contributed by atoms with E-state index in [-0.39, 0.29) is 5.41 Å². The fourth-order valence-electron chi connectivity index (χ4n) is 7.38. The average molecular weight is 972 g/mol. The van der Waals surface area contributed by atoms with E-state index in [1.165, 1.54) is 160 Å². The standard InChI is InChI=1S/C33H36O2.C11H22.C9H18.C7H14.C4H8.C3H6.C2H6/c1-23-17-29(18-24(2)31(23)34-21-27-13-9-7-10-14-27)33(5,6)30-19-25(3)32(26(4)20-30)35-22-28-15-11-8-12-16-28;1-3-5-7-9-11-10-8-6-4-2;1-3-5-7-9-8-6-4-2;1-3-5-7-6-4-2;1-3-4-2;1-3-2;1-2/h7-20H,21-22H2,1-6H3;3H,1,4-11H2,2H3;3H,1,4-9H2,2H3;3H,1,4-7H2,2H3;3H,1,4H2,2H3;3H,1H2,2H3;1-2H3. The SMILES string of the molecule is C=CC.C=CCC.C=CCCCCC.C=CCCCCCCC.C=CCCCCCCCCC.CC.Cc1cc(C(C)(C)c2cc(C)c(OCc3ccccc3)c(C)c2)cc(C)c1OCc1ccccc1. The topological polar surface area (TPSA) is 18.5 Å². The number of aryl methyl sites for hydroxylation is 4. The molecule has 0 amide bonds. The van der Waals surface area contributed by atoms with Crippen molar-refractivity contribution >= 4 is 0 Å². The van der Waals surface area contributed by atoms with E-state index in [1.54, 1.807) is 6.08 Å². The molecule has 0 N–H and O–H groups in total. The van der Waals surface area contributed by atoms with Gasteiger partial charge in [-0.25, -0.2) is 0 Å². The smallest absolute Gasteiger partial charge is 0.125 e. The Morgan fingerprint density at radius 3 is 0.944 bits per heavy atom. The summed E-state index contributed by atoms with van der Waals surface area (Å²) < 4.78 is 12.5. The van der Waals surface area contributed by atoms with E-state index in [4.69, 9.17) is 9.47 Å². The lowest BCUT2D eigenvalue weighted by molar-refractivity contribution is 0.301. The Bertz CT molecular complexity index is 1700. The maximum atomic E-state index is 6.23. The highest BCUT2D eigenvalue weighted by Crippen LogP contribution is 2.39. The first kappa shape index (κ1) is 70.4. The molecular formula is C69H110O2. The Balaban J connectivity index is -0.00000104. The largest absolute Gasteiger partial charge is 0.488 e. The summed E-state index contributed by atoms with van der Waals surface area (Å²) in [6.45, 7) is 46.8. The molecule has 0 aliphatic rings. The molecule has 71 heavy (non-hydrogen) atoms. The normalized spacial score (nSPS) is 9.82. The fourth-order valence-corrected chi connectivity index (χ4v) is 7.38. The van der Waals surface area contributed by atoms with Crippen molar-refractivity contribution in [1.29, 1.82) is 0 Å². The van der Waals surface area contributed by atoms with Crippen molar-refractivity contribution in [3.8, 4) is 11.5 Å². The van der Waals surface area contributed by atoms with Gasteiger partial charge in [0.1, 0.15) is 24.7 Å². The summed E-state index contributed by atoms with van der Waals surface area (Å²) >= 11 is 0. The molecular weight excluding hydrogens is 861 g/mol. The maximum absolute atomic E-state index is 6.23. The molecule has 4 rings (SSSR count). The Kier molecular flexibility index (Phi) is 49.7. The molecule has 0 fully saturated rings. The van der Waals surface area contributed by atoms with Gasteiger partial charge in [0.25, 0.3) is 0 Å². The van der Waals surface area contributed by atoms with E-state index < -0.39 is 0 Å². The first-order chi connectivity index (χ1) is 34.3. The average Bonchev–Trinajstić information content (AvgIpc) is 3.38. The van der Waals surface area contributed by atoms with Gasteiger partial charge < -0.3 is 9.47 Å². The van der Waals surface area contributed by atoms with E-state index in [2.05, 4.69) is 151 Å². The van der Waals surface area contributed by atoms with Gasteiger partial charge >= 0.3 is 0 Å². The summed E-state index contributed by atoms with van der Waals surface area (Å²) in [5, 5.41) is 0. The molecule has 0 saturated carbocycles. The van der Waals surface area contributed by atoms with Gasteiger partial charge in [-0.3, -0.25) is 0 Å². The van der Waals surface area contributed by atoms with Crippen LogP contribution in [0.3, 0.4) is 0 Å². The third kappa shape index (κ3) is 36.7. The molecule has 0 heterocycles. The lowest BCUT2D eigenvalue weighted by atomic mass is 9.76. The summed E-state index contributed by atoms with van der Waals surface area (Å²) in [6, 6.07) is 29.7. The lowest BCUT2D eigenvalue weighted by Gasteiger charge is -2.29. The number of rotatable bonds is 27. The summed E-state index contributed by atoms with van der Waals surface area (Å²) in [7, 11) is 0. The van der Waals surface area contributed by atoms with Crippen LogP contribution in [0.2, 0.25) is 0 Å². The maximum Gasteiger partial charge on any atom is 0.125 e. The Morgan fingerprint density at radius 2 is 0.676 bits per heavy atom. The number of allylic oxidation sites excluding steroid dienone is 5. The van der Waals surface area contributed by atoms with Gasteiger partial charge in [-0.05, 0) is 124 Å². The molecule has 0 unspecified atom stereocenters. The summed E-state index contributed by atoms with van der Waals surface area (Å²) in [5.41, 5.74) is 9.45. The van der Waals surface area contributed by atoms with E-state index in [9.17, 15) is 0 Å². The van der Waals surface area contributed by atoms with Crippen LogP contribution in [0, 0.1) is 27.7 Å². The van der Waals surface area contributed by atoms with Crippen LogP contribution >= 0.6 is 0 Å². The van der Waals surface area contributed by atoms with Crippen molar-refractivity contribution in [1.82, 2.24) is 0 Å². The zero-order valence-corrected chi connectivity index (χ0v) is 48.7. The van der Waals surface area contributed by atoms with E-state index in [0.29, 0.717) is 13.2 Å². The van der Waals surface area contributed by atoms with Crippen LogP contribution in [0.4, 0.5) is 0 Å². The second-order valence-corrected chi connectivity index (χ2v) is 18.6. The van der Waals surface area contributed by atoms with Gasteiger partial charge in [-0.1, -0.05) is 248 Å². The lowest BCUT2D eigenvalue weighted by Crippen LogP contribution is -2.20. The van der Waals surface area contributed by atoms with E-state index >= 15 is 0 Å². The van der Waals surface area contributed by atoms with Gasteiger partial charge in [-0.15, -0.1) is 32.9 Å². The van der Waals surface area contributed by atoms with Crippen LogP contribution in [0.5, 0.6) is 11.5 Å². The van der Waals surface area contributed by atoms with Gasteiger partial charge in [-0.2, -0.15) is 0 Å². The minimum Gasteiger partial charge on any atom is -0.488 e. The summed E-state index contributed by atoms with van der Waals surface area (Å²) in [5.74, 6) is 1.95. The van der Waals surface area contributed by atoms with Gasteiger partial charge in [0.15, 0.2) is 0 Å². The van der Waals surface area contributed by atoms with Crippen molar-refractivity contribution in [2.24, 2.45) is 0 Å². The van der Waals surface area contributed by atoms with Crippen LogP contribution < -0.4 is 9.47 Å². The summed E-state index contributed by atoms with van der Waals surface area (Å²) in [6.07, 6.45) is 35.0. The monoisotopic (exact) mass is 971 g/mol. The van der Waals surface area contributed by atoms with Crippen LogP contribution in [0.25, 0.3) is 0 Å². The highest BCUT2D eigenvalue weighted by Gasteiger charge is 2.26. The van der Waals surface area contributed by atoms with Gasteiger partial charge in [0.05, 0.1) is 0 Å². The highest BCUT2D eigenvalue weighted by atomic mass is 16.5. The molecule has 0 aromatic heterocycles. The zero-order chi connectivity index (χ0) is 54.0. The minimum absolute atomic E-state index is 0.152. The molecule has 0 aliphatic carbocycles. The predicted molar refractivity (Wildman–Crippen MR) is 324 cm³/mol. The Morgan fingerprint density at radius 1 is 0.423 bits per heavy atom. The third-order valence-electron chi connectivity index (χ3n) is 11.6. The number of hydrogen-bond acceptors (Lipinski definition) is 2. The molecule has 0 radical (unpaired) electrons. The Hall–Kier alpha value is -4.82. The van der Waals surface area contributed by atoms with Crippen molar-refractivity contribution in [2.75, 3.05) is 0 Å². The van der Waals surface area contributed by atoms with E-state index in [1.807, 2.05) is 81.5 Å². The second-order valence-electron chi connectivity index (χ2n) is 18.6. The molecule has 0 bridgehead atoms. The third-order valence-corrected chi connectivity index (χ3v) is 11.6. The van der Waals surface area contributed by atoms with Crippen LogP contribution in [0.15, 0.2) is 148 Å². The van der Waals surface area contributed by atoms with Crippen LogP contribution in [-0.4, -0.2) is 0 Å². The Labute approximate surface area is 442 Å². The van der Waals surface area contributed by atoms with Crippen molar-refractivity contribution in [3.63, 3.8) is 0 Å². The van der Waals surface area contributed by atoms with Crippen LogP contribution in [0.1, 0.15) is 229 Å². The molecule has 0 aliphatic heterocycles. The molecule has 4 aromatic rings. The minimum atomic E-state index is -0.152. The number of hydrogen-bond donors (Lipinski definition) is 0. The predicted octanol–water partition coefficient (Wildman–Crippen LogP) is 22.8. The van der Waals surface area contributed by atoms with E-state index in [0.717, 1.165) is 17.9 Å². The molecule has 2 nitrogen and oxygen atoms in total. The second kappa shape index (κ2) is 50.1. The molecule has 0 saturated heterocycles. The fraction of sp³-hybridized carbons (Fsp3) is 0.507. The number of benzene rings is 4. The molecule has 2 heteroatoms. The number of unbranched alkanes of at least 4 members (excludes halogenated alkanes) is 15. The first-order valence-corrected chi connectivity index (χ1v) is 27.9. The van der Waals surface area contributed by atoms with Crippen molar-refractivity contribution in [3.05, 3.63) is 193 Å². The highest BCUT2D eigenvalue weighted by molar-refractivity contribution is 5.52. The molecule has 398 valence electrons. The summed E-state index contributed by atoms with van der Waals surface area (Å²) in [4.78, 5) is 0. The van der Waals surface area contributed by atoms with Gasteiger partial charge in [0.2, 0.25) is 0 Å². The van der Waals surface area contributed by atoms with Gasteiger partial charge in [0, 0.05) is 5.41 Å².